The van der Waals surface area contributed by atoms with Crippen LogP contribution in [-0.2, 0) is 5.92 Å². The minimum atomic E-state index is -3.00. The Labute approximate surface area is 80.2 Å². The van der Waals surface area contributed by atoms with Crippen molar-refractivity contribution in [3.8, 4) is 5.75 Å². The molecule has 0 saturated carbocycles. The van der Waals surface area contributed by atoms with E-state index in [1.807, 2.05) is 0 Å². The van der Waals surface area contributed by atoms with E-state index in [2.05, 4.69) is 0 Å². The van der Waals surface area contributed by atoms with E-state index >= 15 is 0 Å². The maximum Gasteiger partial charge on any atom is 0.270 e. The highest BCUT2D eigenvalue weighted by molar-refractivity contribution is 5.96. The molecule has 0 unspecified atom stereocenters. The van der Waals surface area contributed by atoms with Crippen LogP contribution in [-0.4, -0.2) is 10.9 Å². The number of halogens is 2. The average Bonchev–Trinajstić information content (AvgIpc) is 2.02. The molecule has 14 heavy (non-hydrogen) atoms. The summed E-state index contributed by atoms with van der Waals surface area (Å²) in [6, 6.07) is 3.21. The number of rotatable bonds is 2. The molecule has 0 aliphatic carbocycles. The predicted molar refractivity (Wildman–Crippen MR) is 47.7 cm³/mol. The summed E-state index contributed by atoms with van der Waals surface area (Å²) in [7, 11) is 0. The van der Waals surface area contributed by atoms with E-state index in [-0.39, 0.29) is 16.9 Å². The molecule has 0 bridgehead atoms. The van der Waals surface area contributed by atoms with Gasteiger partial charge in [-0.2, -0.15) is 0 Å². The van der Waals surface area contributed by atoms with Gasteiger partial charge in [-0.15, -0.1) is 0 Å². The molecular weight excluding hydrogens is 190 g/mol. The zero-order chi connectivity index (χ0) is 10.9. The summed E-state index contributed by atoms with van der Waals surface area (Å²) >= 11 is 0. The largest absolute Gasteiger partial charge is 0.507 e. The van der Waals surface area contributed by atoms with Crippen LogP contribution >= 0.6 is 0 Å². The van der Waals surface area contributed by atoms with Crippen molar-refractivity contribution in [1.29, 1.82) is 0 Å². The van der Waals surface area contributed by atoms with Crippen LogP contribution in [0.1, 0.15) is 29.8 Å². The van der Waals surface area contributed by atoms with Gasteiger partial charge in [0.15, 0.2) is 5.78 Å². The van der Waals surface area contributed by atoms with Gasteiger partial charge in [0.2, 0.25) is 0 Å². The van der Waals surface area contributed by atoms with Gasteiger partial charge in [0.25, 0.3) is 5.92 Å². The Balaban J connectivity index is 3.27. The summed E-state index contributed by atoms with van der Waals surface area (Å²) in [4.78, 5) is 10.9. The van der Waals surface area contributed by atoms with Crippen LogP contribution in [0.15, 0.2) is 18.2 Å². The molecule has 0 spiro atoms. The van der Waals surface area contributed by atoms with Crippen molar-refractivity contribution in [1.82, 2.24) is 0 Å². The number of Topliss-reactive ketones (excluding diaryl/α,β-unsaturated/α-hetero) is 1. The standard InChI is InChI=1S/C10H10F2O2/c1-6(13)8-5-7(10(2,11)12)3-4-9(8)14/h3-5,14H,1-2H3. The molecule has 76 valence electrons. The van der Waals surface area contributed by atoms with Gasteiger partial charge in [-0.3, -0.25) is 4.79 Å². The summed E-state index contributed by atoms with van der Waals surface area (Å²) in [5.74, 6) is -3.71. The summed E-state index contributed by atoms with van der Waals surface area (Å²) in [6.07, 6.45) is 0. The Morgan fingerprint density at radius 1 is 1.43 bits per heavy atom. The van der Waals surface area contributed by atoms with Gasteiger partial charge in [-0.25, -0.2) is 8.78 Å². The topological polar surface area (TPSA) is 37.3 Å². The third-order valence-electron chi connectivity index (χ3n) is 1.88. The molecule has 0 aliphatic rings. The van der Waals surface area contributed by atoms with Crippen molar-refractivity contribution < 1.29 is 18.7 Å². The Hall–Kier alpha value is -1.45. The zero-order valence-corrected chi connectivity index (χ0v) is 7.84. The van der Waals surface area contributed by atoms with Gasteiger partial charge in [0.05, 0.1) is 5.56 Å². The van der Waals surface area contributed by atoms with Gasteiger partial charge < -0.3 is 5.11 Å². The van der Waals surface area contributed by atoms with E-state index in [1.54, 1.807) is 0 Å². The molecule has 0 saturated heterocycles. The third kappa shape index (κ3) is 2.07. The molecule has 0 heterocycles. The van der Waals surface area contributed by atoms with E-state index < -0.39 is 11.7 Å². The Morgan fingerprint density at radius 2 is 2.00 bits per heavy atom. The molecule has 1 aromatic carbocycles. The zero-order valence-electron chi connectivity index (χ0n) is 7.84. The first-order valence-corrected chi connectivity index (χ1v) is 4.04. The van der Waals surface area contributed by atoms with Crippen LogP contribution < -0.4 is 0 Å². The Kier molecular flexibility index (Phi) is 2.55. The summed E-state index contributed by atoms with van der Waals surface area (Å²) in [5.41, 5.74) is -0.357. The summed E-state index contributed by atoms with van der Waals surface area (Å²) in [6.45, 7) is 1.95. The fourth-order valence-corrected chi connectivity index (χ4v) is 1.09. The second kappa shape index (κ2) is 3.36. The minimum absolute atomic E-state index is 0.0796. The second-order valence-electron chi connectivity index (χ2n) is 3.18. The summed E-state index contributed by atoms with van der Waals surface area (Å²) < 4.78 is 25.7. The first-order chi connectivity index (χ1) is 6.32. The molecule has 1 aromatic rings. The van der Waals surface area contributed by atoms with Crippen LogP contribution in [0.2, 0.25) is 0 Å². The van der Waals surface area contributed by atoms with Crippen LogP contribution in [0.5, 0.6) is 5.75 Å². The fraction of sp³-hybridized carbons (Fsp3) is 0.300. The minimum Gasteiger partial charge on any atom is -0.507 e. The molecule has 0 aromatic heterocycles. The van der Waals surface area contributed by atoms with Crippen LogP contribution in [0.4, 0.5) is 8.78 Å². The summed E-state index contributed by atoms with van der Waals surface area (Å²) in [5, 5.41) is 9.21. The fourth-order valence-electron chi connectivity index (χ4n) is 1.09. The van der Waals surface area contributed by atoms with Gasteiger partial charge in [-0.05, 0) is 25.1 Å². The molecular formula is C10H10F2O2. The maximum atomic E-state index is 12.8. The van der Waals surface area contributed by atoms with E-state index in [1.165, 1.54) is 6.92 Å². The van der Waals surface area contributed by atoms with Crippen molar-refractivity contribution in [2.24, 2.45) is 0 Å². The normalized spacial score (nSPS) is 11.4. The van der Waals surface area contributed by atoms with Crippen LogP contribution in [0.3, 0.4) is 0 Å². The molecule has 1 rings (SSSR count). The average molecular weight is 200 g/mol. The van der Waals surface area contributed by atoms with Crippen molar-refractivity contribution in [3.05, 3.63) is 29.3 Å². The molecule has 0 amide bonds. The monoisotopic (exact) mass is 200 g/mol. The van der Waals surface area contributed by atoms with Crippen molar-refractivity contribution >= 4 is 5.78 Å². The smallest absolute Gasteiger partial charge is 0.270 e. The van der Waals surface area contributed by atoms with Gasteiger partial charge in [0.1, 0.15) is 5.75 Å². The lowest BCUT2D eigenvalue weighted by Gasteiger charge is -2.11. The molecule has 0 atom stereocenters. The first-order valence-electron chi connectivity index (χ1n) is 4.04. The third-order valence-corrected chi connectivity index (χ3v) is 1.88. The Bertz CT molecular complexity index is 367. The van der Waals surface area contributed by atoms with Crippen molar-refractivity contribution in [3.63, 3.8) is 0 Å². The number of phenolic OH excluding ortho intramolecular Hbond substituents is 1. The number of aromatic hydroxyl groups is 1. The maximum absolute atomic E-state index is 12.8. The quantitative estimate of drug-likeness (QED) is 0.745. The van der Waals surface area contributed by atoms with Crippen LogP contribution in [0.25, 0.3) is 0 Å². The molecule has 0 fully saturated rings. The van der Waals surface area contributed by atoms with E-state index in [4.69, 9.17) is 0 Å². The molecule has 4 heteroatoms. The number of hydrogen-bond donors (Lipinski definition) is 1. The first kappa shape index (κ1) is 10.6. The number of carbonyl (C=O) groups excluding carboxylic acids is 1. The van der Waals surface area contributed by atoms with Gasteiger partial charge in [-0.1, -0.05) is 0 Å². The predicted octanol–water partition coefficient (Wildman–Crippen LogP) is 2.71. The number of ketones is 1. The second-order valence-corrected chi connectivity index (χ2v) is 3.18. The highest BCUT2D eigenvalue weighted by atomic mass is 19.3. The number of phenols is 1. The van der Waals surface area contributed by atoms with E-state index in [9.17, 15) is 18.7 Å². The number of alkyl halides is 2. The van der Waals surface area contributed by atoms with Gasteiger partial charge >= 0.3 is 0 Å². The highest BCUT2D eigenvalue weighted by Crippen LogP contribution is 2.30. The van der Waals surface area contributed by atoms with Crippen molar-refractivity contribution in [2.75, 3.05) is 0 Å². The SMILES string of the molecule is CC(=O)c1cc(C(C)(F)F)ccc1O. The lowest BCUT2D eigenvalue weighted by atomic mass is 10.0. The molecule has 0 radical (unpaired) electrons. The van der Waals surface area contributed by atoms with Crippen molar-refractivity contribution in [2.45, 2.75) is 19.8 Å². The molecule has 0 aliphatic heterocycles. The highest BCUT2D eigenvalue weighted by Gasteiger charge is 2.25. The lowest BCUT2D eigenvalue weighted by Crippen LogP contribution is -2.08. The number of benzene rings is 1. The molecule has 2 nitrogen and oxygen atoms in total. The van der Waals surface area contributed by atoms with E-state index in [0.29, 0.717) is 0 Å². The molecule has 1 N–H and O–H groups in total. The lowest BCUT2D eigenvalue weighted by molar-refractivity contribution is 0.0174. The van der Waals surface area contributed by atoms with E-state index in [0.717, 1.165) is 25.1 Å². The van der Waals surface area contributed by atoms with Gasteiger partial charge in [0, 0.05) is 12.5 Å². The number of carbonyl (C=O) groups is 1. The Morgan fingerprint density at radius 3 is 2.43 bits per heavy atom. The van der Waals surface area contributed by atoms with Crippen LogP contribution in [0, 0.1) is 0 Å². The number of hydrogen-bond acceptors (Lipinski definition) is 2.